The summed E-state index contributed by atoms with van der Waals surface area (Å²) in [5, 5.41) is 2.91. The zero-order chi connectivity index (χ0) is 19.7. The molecule has 4 rings (SSSR count). The highest BCUT2D eigenvalue weighted by atomic mass is 19.1. The predicted molar refractivity (Wildman–Crippen MR) is 106 cm³/mol. The van der Waals surface area contributed by atoms with Crippen LogP contribution < -0.4 is 10.7 Å². The lowest BCUT2D eigenvalue weighted by molar-refractivity contribution is 0.0952. The number of aryl methyl sites for hydroxylation is 2. The van der Waals surface area contributed by atoms with E-state index in [2.05, 4.69) is 15.3 Å². The minimum absolute atomic E-state index is 0.0270. The number of rotatable bonds is 5. The van der Waals surface area contributed by atoms with Gasteiger partial charge in [-0.1, -0.05) is 18.2 Å². The van der Waals surface area contributed by atoms with Gasteiger partial charge in [0.2, 0.25) is 5.43 Å². The van der Waals surface area contributed by atoms with Crippen molar-refractivity contribution in [2.24, 2.45) is 7.05 Å². The van der Waals surface area contributed by atoms with Gasteiger partial charge in [0.25, 0.3) is 5.91 Å². The standard InChI is InChI=1S/C21H19FN4O2/c1-26-17-9-3-2-8-16(17)25-18(26)10-5-11-23-21(28)14-12-24-19-13(20(14)27)6-4-7-15(19)22/h2-4,6-9,12H,5,10-11H2,1H3,(H,23,28)(H,24,27). The van der Waals surface area contributed by atoms with Crippen LogP contribution in [0.3, 0.4) is 0 Å². The third-order valence-corrected chi connectivity index (χ3v) is 4.85. The number of nitrogens with one attached hydrogen (secondary N) is 2. The van der Waals surface area contributed by atoms with Gasteiger partial charge in [0, 0.05) is 31.6 Å². The molecule has 28 heavy (non-hydrogen) atoms. The number of aromatic amines is 1. The highest BCUT2D eigenvalue weighted by Gasteiger charge is 2.14. The molecule has 2 aromatic heterocycles. The van der Waals surface area contributed by atoms with Gasteiger partial charge in [-0.25, -0.2) is 9.37 Å². The van der Waals surface area contributed by atoms with Crippen LogP contribution in [-0.4, -0.2) is 27.0 Å². The summed E-state index contributed by atoms with van der Waals surface area (Å²) in [6.07, 6.45) is 2.64. The fourth-order valence-corrected chi connectivity index (χ4v) is 3.35. The number of imidazole rings is 1. The third-order valence-electron chi connectivity index (χ3n) is 4.85. The molecule has 0 aliphatic heterocycles. The summed E-state index contributed by atoms with van der Waals surface area (Å²) >= 11 is 0. The van der Waals surface area contributed by atoms with Crippen LogP contribution in [0.25, 0.3) is 21.9 Å². The molecule has 0 aliphatic rings. The van der Waals surface area contributed by atoms with Crippen LogP contribution in [0.1, 0.15) is 22.6 Å². The van der Waals surface area contributed by atoms with Gasteiger partial charge in [-0.15, -0.1) is 0 Å². The number of amides is 1. The van der Waals surface area contributed by atoms with E-state index in [1.54, 1.807) is 0 Å². The Morgan fingerprint density at radius 2 is 2.04 bits per heavy atom. The molecule has 2 heterocycles. The Bertz CT molecular complexity index is 1240. The number of H-pyrrole nitrogens is 1. The maximum atomic E-state index is 13.7. The van der Waals surface area contributed by atoms with Crippen molar-refractivity contribution in [3.05, 3.63) is 76.1 Å². The average molecular weight is 378 g/mol. The monoisotopic (exact) mass is 378 g/mol. The van der Waals surface area contributed by atoms with Gasteiger partial charge in [-0.05, 0) is 30.7 Å². The highest BCUT2D eigenvalue weighted by Crippen LogP contribution is 2.15. The Balaban J connectivity index is 1.42. The van der Waals surface area contributed by atoms with Crippen LogP contribution in [0.4, 0.5) is 4.39 Å². The molecule has 0 atom stereocenters. The second-order valence-electron chi connectivity index (χ2n) is 6.63. The lowest BCUT2D eigenvalue weighted by Crippen LogP contribution is -2.30. The molecule has 0 aliphatic carbocycles. The summed E-state index contributed by atoms with van der Waals surface area (Å²) in [6, 6.07) is 12.1. The second kappa shape index (κ2) is 7.26. The van der Waals surface area contributed by atoms with Crippen molar-refractivity contribution in [2.45, 2.75) is 12.8 Å². The molecular formula is C21H19FN4O2. The molecule has 0 radical (unpaired) electrons. The third kappa shape index (κ3) is 3.15. The fraction of sp³-hybridized carbons (Fsp3) is 0.190. The van der Waals surface area contributed by atoms with E-state index in [1.165, 1.54) is 24.4 Å². The van der Waals surface area contributed by atoms with Crippen LogP contribution in [-0.2, 0) is 13.5 Å². The van der Waals surface area contributed by atoms with Gasteiger partial charge in [0.05, 0.1) is 16.6 Å². The predicted octanol–water partition coefficient (Wildman–Crippen LogP) is 2.92. The number of halogens is 1. The van der Waals surface area contributed by atoms with E-state index in [0.29, 0.717) is 19.4 Å². The van der Waals surface area contributed by atoms with Crippen LogP contribution in [0.2, 0.25) is 0 Å². The summed E-state index contributed by atoms with van der Waals surface area (Å²) in [7, 11) is 1.97. The first kappa shape index (κ1) is 17.9. The Morgan fingerprint density at radius 3 is 2.86 bits per heavy atom. The quantitative estimate of drug-likeness (QED) is 0.524. The molecule has 0 saturated heterocycles. The molecule has 2 N–H and O–H groups in total. The number of carbonyl (C=O) groups excluding carboxylic acids is 1. The van der Waals surface area contributed by atoms with Crippen molar-refractivity contribution in [3.8, 4) is 0 Å². The van der Waals surface area contributed by atoms with Gasteiger partial charge < -0.3 is 14.9 Å². The van der Waals surface area contributed by atoms with E-state index in [4.69, 9.17) is 0 Å². The second-order valence-corrected chi connectivity index (χ2v) is 6.63. The Labute approximate surface area is 160 Å². The van der Waals surface area contributed by atoms with Crippen LogP contribution in [0, 0.1) is 5.82 Å². The van der Waals surface area contributed by atoms with Gasteiger partial charge >= 0.3 is 0 Å². The minimum Gasteiger partial charge on any atom is -0.358 e. The summed E-state index contributed by atoms with van der Waals surface area (Å²) in [4.78, 5) is 32.1. The van der Waals surface area contributed by atoms with Gasteiger partial charge in [0.15, 0.2) is 0 Å². The largest absolute Gasteiger partial charge is 0.358 e. The number of pyridine rings is 1. The van der Waals surface area contributed by atoms with E-state index < -0.39 is 17.2 Å². The SMILES string of the molecule is Cn1c(CCCNC(=O)c2c[nH]c3c(F)cccc3c2=O)nc2ccccc21. The van der Waals surface area contributed by atoms with Crippen molar-refractivity contribution in [1.82, 2.24) is 19.9 Å². The van der Waals surface area contributed by atoms with Crippen molar-refractivity contribution < 1.29 is 9.18 Å². The summed E-state index contributed by atoms with van der Waals surface area (Å²) in [6.45, 7) is 0.405. The molecule has 0 spiro atoms. The molecule has 0 bridgehead atoms. The molecule has 142 valence electrons. The maximum Gasteiger partial charge on any atom is 0.256 e. The Kier molecular flexibility index (Phi) is 4.65. The van der Waals surface area contributed by atoms with Crippen molar-refractivity contribution in [2.75, 3.05) is 6.54 Å². The normalized spacial score (nSPS) is 11.2. The molecule has 2 aromatic carbocycles. The molecule has 0 fully saturated rings. The van der Waals surface area contributed by atoms with E-state index in [1.807, 2.05) is 35.9 Å². The van der Waals surface area contributed by atoms with E-state index in [-0.39, 0.29) is 16.5 Å². The number of nitrogens with zero attached hydrogens (tertiary/aromatic N) is 2. The number of benzene rings is 2. The molecule has 7 heteroatoms. The number of para-hydroxylation sites is 3. The van der Waals surface area contributed by atoms with Crippen molar-refractivity contribution in [1.29, 1.82) is 0 Å². The summed E-state index contributed by atoms with van der Waals surface area (Å²) in [5.74, 6) is -0.0594. The van der Waals surface area contributed by atoms with Crippen LogP contribution >= 0.6 is 0 Å². The lowest BCUT2D eigenvalue weighted by atomic mass is 10.1. The first-order chi connectivity index (χ1) is 13.6. The molecular weight excluding hydrogens is 359 g/mol. The molecule has 0 unspecified atom stereocenters. The maximum absolute atomic E-state index is 13.7. The van der Waals surface area contributed by atoms with Crippen molar-refractivity contribution >= 4 is 27.8 Å². The molecule has 0 saturated carbocycles. The first-order valence-electron chi connectivity index (χ1n) is 9.04. The van der Waals surface area contributed by atoms with Crippen LogP contribution in [0.15, 0.2) is 53.5 Å². The number of fused-ring (bicyclic) bond motifs is 2. The average Bonchev–Trinajstić information content (AvgIpc) is 3.02. The molecule has 4 aromatic rings. The van der Waals surface area contributed by atoms with Gasteiger partial charge in [0.1, 0.15) is 17.2 Å². The topological polar surface area (TPSA) is 79.8 Å². The van der Waals surface area contributed by atoms with Gasteiger partial charge in [-0.2, -0.15) is 0 Å². The van der Waals surface area contributed by atoms with E-state index in [0.717, 1.165) is 16.9 Å². The van der Waals surface area contributed by atoms with Gasteiger partial charge in [-0.3, -0.25) is 9.59 Å². The number of carbonyl (C=O) groups is 1. The Hall–Kier alpha value is -3.48. The van der Waals surface area contributed by atoms with Crippen molar-refractivity contribution in [3.63, 3.8) is 0 Å². The zero-order valence-electron chi connectivity index (χ0n) is 15.3. The lowest BCUT2D eigenvalue weighted by Gasteiger charge is -2.07. The van der Waals surface area contributed by atoms with E-state index >= 15 is 0 Å². The number of hydrogen-bond acceptors (Lipinski definition) is 3. The number of hydrogen-bond donors (Lipinski definition) is 2. The first-order valence-corrected chi connectivity index (χ1v) is 9.04. The highest BCUT2D eigenvalue weighted by molar-refractivity contribution is 5.97. The zero-order valence-corrected chi connectivity index (χ0v) is 15.3. The summed E-state index contributed by atoms with van der Waals surface area (Å²) < 4.78 is 15.8. The Morgan fingerprint density at radius 1 is 1.21 bits per heavy atom. The molecule has 1 amide bonds. The summed E-state index contributed by atoms with van der Waals surface area (Å²) in [5.41, 5.74) is 1.60. The fourth-order valence-electron chi connectivity index (χ4n) is 3.35. The minimum atomic E-state index is -0.524. The van der Waals surface area contributed by atoms with Crippen LogP contribution in [0.5, 0.6) is 0 Å². The number of aromatic nitrogens is 3. The smallest absolute Gasteiger partial charge is 0.256 e. The molecule has 6 nitrogen and oxygen atoms in total. The van der Waals surface area contributed by atoms with E-state index in [9.17, 15) is 14.0 Å².